The van der Waals surface area contributed by atoms with Gasteiger partial charge in [-0.3, -0.25) is 9.59 Å². The lowest BCUT2D eigenvalue weighted by Crippen LogP contribution is -2.47. The number of morpholine rings is 1. The first-order valence-electron chi connectivity index (χ1n) is 7.03. The number of ether oxygens (including phenoxy) is 1. The summed E-state index contributed by atoms with van der Waals surface area (Å²) in [4.78, 5) is 25.2. The average molecular weight is 306 g/mol. The summed E-state index contributed by atoms with van der Waals surface area (Å²) in [5.41, 5.74) is 0. The summed E-state index contributed by atoms with van der Waals surface area (Å²) in [6.45, 7) is 5.47. The van der Waals surface area contributed by atoms with Crippen molar-refractivity contribution in [3.05, 3.63) is 0 Å². The van der Waals surface area contributed by atoms with Gasteiger partial charge in [-0.25, -0.2) is 0 Å². The summed E-state index contributed by atoms with van der Waals surface area (Å²) in [5, 5.41) is 6.20. The highest BCUT2D eigenvalue weighted by Crippen LogP contribution is 2.09. The summed E-state index contributed by atoms with van der Waals surface area (Å²) in [7, 11) is 0. The predicted molar refractivity (Wildman–Crippen MR) is 77.9 cm³/mol. The molecule has 2 fully saturated rings. The fourth-order valence-corrected chi connectivity index (χ4v) is 2.58. The van der Waals surface area contributed by atoms with Crippen molar-refractivity contribution < 1.29 is 14.3 Å². The van der Waals surface area contributed by atoms with E-state index < -0.39 is 0 Å². The maximum Gasteiger partial charge on any atom is 0.222 e. The van der Waals surface area contributed by atoms with Crippen LogP contribution in [-0.4, -0.2) is 61.6 Å². The van der Waals surface area contributed by atoms with Crippen LogP contribution in [0.3, 0.4) is 0 Å². The standard InChI is InChI=1S/C13H23N3O3.ClH/c1-10(8-16-5-2-3-13(16)18)15-12(17)7-11-9-19-6-4-14-11;/h10-11,14H,2-9H2,1H3,(H,15,17);1H. The average Bonchev–Trinajstić information content (AvgIpc) is 2.76. The van der Waals surface area contributed by atoms with E-state index in [2.05, 4.69) is 10.6 Å². The quantitative estimate of drug-likeness (QED) is 0.745. The normalized spacial score (nSPS) is 24.1. The van der Waals surface area contributed by atoms with Crippen molar-refractivity contribution in [1.82, 2.24) is 15.5 Å². The number of amides is 2. The zero-order valence-corrected chi connectivity index (χ0v) is 12.7. The Bertz CT molecular complexity index is 335. The van der Waals surface area contributed by atoms with Crippen LogP contribution >= 0.6 is 12.4 Å². The molecule has 2 rings (SSSR count). The Balaban J connectivity index is 0.00000200. The maximum atomic E-state index is 11.9. The third kappa shape index (κ3) is 5.26. The molecule has 0 aromatic heterocycles. The molecule has 2 atom stereocenters. The molecule has 0 saturated carbocycles. The minimum atomic E-state index is -0.000871. The first-order chi connectivity index (χ1) is 9.15. The van der Waals surface area contributed by atoms with Crippen LogP contribution in [0.4, 0.5) is 0 Å². The molecular weight excluding hydrogens is 282 g/mol. The van der Waals surface area contributed by atoms with E-state index in [0.717, 1.165) is 19.5 Å². The lowest BCUT2D eigenvalue weighted by molar-refractivity contribution is -0.129. The fourth-order valence-electron chi connectivity index (χ4n) is 2.58. The summed E-state index contributed by atoms with van der Waals surface area (Å²) in [6.07, 6.45) is 2.01. The molecule has 0 spiro atoms. The van der Waals surface area contributed by atoms with Crippen LogP contribution < -0.4 is 10.6 Å². The Hall–Kier alpha value is -0.850. The van der Waals surface area contributed by atoms with Crippen molar-refractivity contribution >= 4 is 24.2 Å². The van der Waals surface area contributed by atoms with E-state index in [9.17, 15) is 9.59 Å². The number of hydrogen-bond acceptors (Lipinski definition) is 4. The minimum Gasteiger partial charge on any atom is -0.378 e. The van der Waals surface area contributed by atoms with Gasteiger partial charge in [0.2, 0.25) is 11.8 Å². The van der Waals surface area contributed by atoms with E-state index in [1.54, 1.807) is 0 Å². The van der Waals surface area contributed by atoms with Crippen molar-refractivity contribution in [1.29, 1.82) is 0 Å². The van der Waals surface area contributed by atoms with E-state index in [1.807, 2.05) is 11.8 Å². The van der Waals surface area contributed by atoms with E-state index in [4.69, 9.17) is 4.74 Å². The van der Waals surface area contributed by atoms with Crippen LogP contribution in [-0.2, 0) is 14.3 Å². The molecule has 2 aliphatic heterocycles. The number of likely N-dealkylation sites (tertiary alicyclic amines) is 1. The first kappa shape index (κ1) is 17.2. The first-order valence-corrected chi connectivity index (χ1v) is 7.03. The largest absolute Gasteiger partial charge is 0.378 e. The third-order valence-electron chi connectivity index (χ3n) is 3.50. The van der Waals surface area contributed by atoms with Gasteiger partial charge in [-0.1, -0.05) is 0 Å². The molecular formula is C13H24ClN3O3. The molecule has 0 bridgehead atoms. The van der Waals surface area contributed by atoms with Crippen LogP contribution in [0.15, 0.2) is 0 Å². The Kier molecular flexibility index (Phi) is 7.26. The SMILES string of the molecule is CC(CN1CCCC1=O)NC(=O)CC1COCCN1.Cl. The van der Waals surface area contributed by atoms with Crippen molar-refractivity contribution in [2.24, 2.45) is 0 Å². The molecule has 2 N–H and O–H groups in total. The lowest BCUT2D eigenvalue weighted by Gasteiger charge is -2.25. The molecule has 2 amide bonds. The molecule has 0 radical (unpaired) electrons. The molecule has 2 unspecified atom stereocenters. The van der Waals surface area contributed by atoms with Gasteiger partial charge in [-0.2, -0.15) is 0 Å². The molecule has 2 saturated heterocycles. The van der Waals surface area contributed by atoms with E-state index in [-0.39, 0.29) is 36.3 Å². The molecule has 0 aliphatic carbocycles. The number of rotatable bonds is 5. The van der Waals surface area contributed by atoms with Crippen LogP contribution in [0.2, 0.25) is 0 Å². The lowest BCUT2D eigenvalue weighted by atomic mass is 10.2. The van der Waals surface area contributed by atoms with Gasteiger partial charge in [0, 0.05) is 44.6 Å². The van der Waals surface area contributed by atoms with Crippen molar-refractivity contribution in [3.8, 4) is 0 Å². The van der Waals surface area contributed by atoms with Gasteiger partial charge in [0.05, 0.1) is 13.2 Å². The second-order valence-corrected chi connectivity index (χ2v) is 5.34. The van der Waals surface area contributed by atoms with Gasteiger partial charge in [0.25, 0.3) is 0 Å². The number of nitrogens with zero attached hydrogens (tertiary/aromatic N) is 1. The van der Waals surface area contributed by atoms with E-state index in [0.29, 0.717) is 32.6 Å². The Morgan fingerprint density at radius 3 is 3.00 bits per heavy atom. The molecule has 0 aromatic carbocycles. The van der Waals surface area contributed by atoms with E-state index >= 15 is 0 Å². The van der Waals surface area contributed by atoms with Gasteiger partial charge in [0.1, 0.15) is 0 Å². The maximum absolute atomic E-state index is 11.9. The minimum absolute atomic E-state index is 0. The summed E-state index contributed by atoms with van der Waals surface area (Å²) in [5.74, 6) is 0.214. The van der Waals surface area contributed by atoms with Gasteiger partial charge in [-0.15, -0.1) is 12.4 Å². The highest BCUT2D eigenvalue weighted by atomic mass is 35.5. The predicted octanol–water partition coefficient (Wildman–Crippen LogP) is -0.0862. The number of nitrogens with one attached hydrogen (secondary N) is 2. The summed E-state index contributed by atoms with van der Waals surface area (Å²) in [6, 6.07) is 0.105. The highest BCUT2D eigenvalue weighted by Gasteiger charge is 2.23. The third-order valence-corrected chi connectivity index (χ3v) is 3.50. The van der Waals surface area contributed by atoms with Gasteiger partial charge >= 0.3 is 0 Å². The van der Waals surface area contributed by atoms with Crippen molar-refractivity contribution in [2.45, 2.75) is 38.3 Å². The molecule has 2 heterocycles. The van der Waals surface area contributed by atoms with Gasteiger partial charge in [0.15, 0.2) is 0 Å². The highest BCUT2D eigenvalue weighted by molar-refractivity contribution is 5.85. The molecule has 7 heteroatoms. The van der Waals surface area contributed by atoms with Crippen molar-refractivity contribution in [3.63, 3.8) is 0 Å². The van der Waals surface area contributed by atoms with Gasteiger partial charge < -0.3 is 20.3 Å². The van der Waals surface area contributed by atoms with Crippen LogP contribution in [0.25, 0.3) is 0 Å². The van der Waals surface area contributed by atoms with Crippen LogP contribution in [0, 0.1) is 0 Å². The smallest absolute Gasteiger partial charge is 0.222 e. The summed E-state index contributed by atoms with van der Waals surface area (Å²) < 4.78 is 5.31. The van der Waals surface area contributed by atoms with Crippen molar-refractivity contribution in [2.75, 3.05) is 32.8 Å². The molecule has 0 aromatic rings. The number of halogens is 1. The second-order valence-electron chi connectivity index (χ2n) is 5.34. The van der Waals surface area contributed by atoms with Crippen LogP contribution in [0.1, 0.15) is 26.2 Å². The summed E-state index contributed by atoms with van der Waals surface area (Å²) >= 11 is 0. The second kappa shape index (κ2) is 8.44. The van der Waals surface area contributed by atoms with E-state index in [1.165, 1.54) is 0 Å². The van der Waals surface area contributed by atoms with Gasteiger partial charge in [-0.05, 0) is 13.3 Å². The monoisotopic (exact) mass is 305 g/mol. The number of carbonyl (C=O) groups excluding carboxylic acids is 2. The Labute approximate surface area is 126 Å². The zero-order valence-electron chi connectivity index (χ0n) is 11.9. The Morgan fingerprint density at radius 2 is 2.40 bits per heavy atom. The molecule has 2 aliphatic rings. The molecule has 6 nitrogen and oxygen atoms in total. The topological polar surface area (TPSA) is 70.7 Å². The fraction of sp³-hybridized carbons (Fsp3) is 0.846. The zero-order chi connectivity index (χ0) is 13.7. The molecule has 20 heavy (non-hydrogen) atoms. The molecule has 116 valence electrons. The number of hydrogen-bond donors (Lipinski definition) is 2. The van der Waals surface area contributed by atoms with Crippen LogP contribution in [0.5, 0.6) is 0 Å². The Morgan fingerprint density at radius 1 is 1.60 bits per heavy atom. The number of carbonyl (C=O) groups is 2.